The van der Waals surface area contributed by atoms with Gasteiger partial charge in [0, 0.05) is 23.7 Å². The summed E-state index contributed by atoms with van der Waals surface area (Å²) < 4.78 is 5.48. The molecule has 0 bridgehead atoms. The number of methoxy groups -OCH3 is 1. The highest BCUT2D eigenvalue weighted by molar-refractivity contribution is 6.13. The average molecular weight is 465 g/mol. The van der Waals surface area contributed by atoms with Crippen molar-refractivity contribution in [3.8, 4) is 5.75 Å². The lowest BCUT2D eigenvalue weighted by atomic mass is 9.55. The van der Waals surface area contributed by atoms with E-state index < -0.39 is 11.1 Å². The van der Waals surface area contributed by atoms with Crippen LogP contribution < -0.4 is 10.1 Å². The van der Waals surface area contributed by atoms with Crippen LogP contribution in [0.5, 0.6) is 5.75 Å². The van der Waals surface area contributed by atoms with Gasteiger partial charge < -0.3 is 10.1 Å². The summed E-state index contributed by atoms with van der Waals surface area (Å²) in [6.45, 7) is 10.8. The third kappa shape index (κ3) is 3.37. The van der Waals surface area contributed by atoms with Gasteiger partial charge in [-0.25, -0.2) is 0 Å². The van der Waals surface area contributed by atoms with Crippen LogP contribution in [0.25, 0.3) is 0 Å². The molecule has 5 atom stereocenters. The number of imide groups is 1. The molecular formula is C29H40N2O3. The van der Waals surface area contributed by atoms with Gasteiger partial charge in [0.15, 0.2) is 0 Å². The van der Waals surface area contributed by atoms with E-state index in [1.807, 2.05) is 13.8 Å². The fourth-order valence-corrected chi connectivity index (χ4v) is 7.77. The predicted molar refractivity (Wildman–Crippen MR) is 134 cm³/mol. The van der Waals surface area contributed by atoms with Crippen molar-refractivity contribution < 1.29 is 14.3 Å². The van der Waals surface area contributed by atoms with Crippen molar-refractivity contribution in [1.29, 1.82) is 0 Å². The van der Waals surface area contributed by atoms with Gasteiger partial charge in [-0.1, -0.05) is 13.0 Å². The number of ether oxygens (including phenoxy) is 1. The lowest BCUT2D eigenvalue weighted by Crippen LogP contribution is -2.68. The lowest BCUT2D eigenvalue weighted by molar-refractivity contribution is -0.146. The van der Waals surface area contributed by atoms with Crippen LogP contribution in [-0.4, -0.2) is 40.9 Å². The lowest BCUT2D eigenvalue weighted by Gasteiger charge is -2.54. The number of nitrogens with zero attached hydrogens (tertiary/aromatic N) is 1. The molecule has 2 saturated carbocycles. The average Bonchev–Trinajstić information content (AvgIpc) is 3.31. The maximum Gasteiger partial charge on any atom is 0.254 e. The molecule has 34 heavy (non-hydrogen) atoms. The summed E-state index contributed by atoms with van der Waals surface area (Å²) in [6, 6.07) is 7.08. The van der Waals surface area contributed by atoms with Crippen LogP contribution in [0.2, 0.25) is 0 Å². The quantitative estimate of drug-likeness (QED) is 0.624. The van der Waals surface area contributed by atoms with Crippen LogP contribution in [0.1, 0.15) is 83.8 Å². The van der Waals surface area contributed by atoms with Crippen LogP contribution in [0.3, 0.4) is 0 Å². The molecule has 0 aromatic heterocycles. The molecule has 5 rings (SSSR count). The second-order valence-corrected chi connectivity index (χ2v) is 12.3. The zero-order chi connectivity index (χ0) is 24.5. The Labute approximate surface area is 204 Å². The molecule has 0 radical (unpaired) electrons. The minimum Gasteiger partial charge on any atom is -0.497 e. The van der Waals surface area contributed by atoms with E-state index in [0.29, 0.717) is 17.9 Å². The molecule has 184 valence electrons. The highest BCUT2D eigenvalue weighted by Gasteiger charge is 2.57. The molecule has 1 aromatic carbocycles. The summed E-state index contributed by atoms with van der Waals surface area (Å²) >= 11 is 0. The van der Waals surface area contributed by atoms with Crippen molar-refractivity contribution in [2.75, 3.05) is 7.11 Å². The van der Waals surface area contributed by atoms with E-state index in [2.05, 4.69) is 44.3 Å². The Balaban J connectivity index is 1.36. The first-order chi connectivity index (χ1) is 16.0. The van der Waals surface area contributed by atoms with Crippen molar-refractivity contribution in [3.63, 3.8) is 0 Å². The molecule has 1 aromatic rings. The summed E-state index contributed by atoms with van der Waals surface area (Å²) in [6.07, 6.45) is 10.0. The van der Waals surface area contributed by atoms with E-state index in [1.165, 1.54) is 48.3 Å². The zero-order valence-electron chi connectivity index (χ0n) is 21.6. The van der Waals surface area contributed by atoms with Gasteiger partial charge in [0.1, 0.15) is 5.75 Å². The molecule has 2 amide bonds. The molecular weight excluding hydrogens is 424 g/mol. The molecule has 3 aliphatic carbocycles. The van der Waals surface area contributed by atoms with Gasteiger partial charge in [-0.2, -0.15) is 0 Å². The normalized spacial score (nSPS) is 33.1. The minimum atomic E-state index is -0.640. The second kappa shape index (κ2) is 7.94. The summed E-state index contributed by atoms with van der Waals surface area (Å²) in [5, 5.41) is 3.99. The first-order valence-corrected chi connectivity index (χ1v) is 13.0. The van der Waals surface area contributed by atoms with Crippen LogP contribution in [0.15, 0.2) is 30.4 Å². The number of hydrogen-bond donors (Lipinski definition) is 1. The Morgan fingerprint density at radius 1 is 1.03 bits per heavy atom. The van der Waals surface area contributed by atoms with Crippen LogP contribution in [-0.2, 0) is 16.0 Å². The van der Waals surface area contributed by atoms with Gasteiger partial charge in [-0.05, 0) is 113 Å². The van der Waals surface area contributed by atoms with Crippen molar-refractivity contribution in [2.45, 2.75) is 96.2 Å². The topological polar surface area (TPSA) is 58.6 Å². The Hall–Kier alpha value is -2.14. The third-order valence-corrected chi connectivity index (χ3v) is 10.4. The van der Waals surface area contributed by atoms with Crippen molar-refractivity contribution in [2.24, 2.45) is 17.3 Å². The molecule has 1 heterocycles. The Kier molecular flexibility index (Phi) is 5.51. The third-order valence-electron chi connectivity index (χ3n) is 10.4. The first kappa shape index (κ1) is 23.6. The number of nitrogens with one attached hydrogen (secondary N) is 1. The first-order valence-electron chi connectivity index (χ1n) is 13.0. The van der Waals surface area contributed by atoms with E-state index in [1.54, 1.807) is 12.7 Å². The number of rotatable bonds is 5. The minimum absolute atomic E-state index is 0.210. The smallest absolute Gasteiger partial charge is 0.254 e. The number of benzene rings is 1. The SMILES string of the molecule is COc1ccc2c(c1)CCC1C2CCC2(C)C(NC(C)(C)C(C)(C)N3C(=O)C=CC3=O)CCC12. The van der Waals surface area contributed by atoms with Gasteiger partial charge in [-0.3, -0.25) is 14.5 Å². The number of fused-ring (bicyclic) bond motifs is 5. The van der Waals surface area contributed by atoms with E-state index >= 15 is 0 Å². The van der Waals surface area contributed by atoms with Gasteiger partial charge >= 0.3 is 0 Å². The molecule has 4 aliphatic rings. The van der Waals surface area contributed by atoms with Gasteiger partial charge in [0.25, 0.3) is 11.8 Å². The predicted octanol–water partition coefficient (Wildman–Crippen LogP) is 4.99. The highest BCUT2D eigenvalue weighted by atomic mass is 16.5. The van der Waals surface area contributed by atoms with Crippen LogP contribution >= 0.6 is 0 Å². The summed E-state index contributed by atoms with van der Waals surface area (Å²) in [5.74, 6) is 2.64. The van der Waals surface area contributed by atoms with Crippen LogP contribution in [0.4, 0.5) is 0 Å². The Morgan fingerprint density at radius 3 is 2.41 bits per heavy atom. The summed E-state index contributed by atoms with van der Waals surface area (Å²) in [5.41, 5.74) is 2.21. The van der Waals surface area contributed by atoms with E-state index in [9.17, 15) is 9.59 Å². The summed E-state index contributed by atoms with van der Waals surface area (Å²) in [4.78, 5) is 26.4. The number of carbonyl (C=O) groups is 2. The molecule has 5 unspecified atom stereocenters. The number of aryl methyl sites for hydroxylation is 1. The molecule has 5 nitrogen and oxygen atoms in total. The molecule has 1 N–H and O–H groups in total. The molecule has 1 aliphatic heterocycles. The second-order valence-electron chi connectivity index (χ2n) is 12.3. The zero-order valence-corrected chi connectivity index (χ0v) is 21.6. The molecule has 0 spiro atoms. The van der Waals surface area contributed by atoms with E-state index in [0.717, 1.165) is 24.5 Å². The van der Waals surface area contributed by atoms with Gasteiger partial charge in [0.05, 0.1) is 12.6 Å². The largest absolute Gasteiger partial charge is 0.497 e. The van der Waals surface area contributed by atoms with Crippen molar-refractivity contribution in [3.05, 3.63) is 41.5 Å². The fraction of sp³-hybridized carbons (Fsp3) is 0.655. The van der Waals surface area contributed by atoms with Gasteiger partial charge in [-0.15, -0.1) is 0 Å². The summed E-state index contributed by atoms with van der Waals surface area (Å²) in [7, 11) is 1.75. The Bertz CT molecular complexity index is 1020. The highest BCUT2D eigenvalue weighted by Crippen LogP contribution is 2.61. The number of hydrogen-bond acceptors (Lipinski definition) is 4. The molecule has 0 saturated heterocycles. The maximum atomic E-state index is 12.5. The Morgan fingerprint density at radius 2 is 1.74 bits per heavy atom. The molecule has 2 fully saturated rings. The van der Waals surface area contributed by atoms with E-state index in [4.69, 9.17) is 4.74 Å². The van der Waals surface area contributed by atoms with E-state index in [-0.39, 0.29) is 17.2 Å². The maximum absolute atomic E-state index is 12.5. The fourth-order valence-electron chi connectivity index (χ4n) is 7.77. The van der Waals surface area contributed by atoms with Crippen molar-refractivity contribution >= 4 is 11.8 Å². The number of carbonyl (C=O) groups excluding carboxylic acids is 2. The standard InChI is InChI=1S/C29H40N2O3/c1-27(2,28(3,4)31-25(32)13-14-26(31)33)30-24-12-11-23-22-9-7-18-17-19(34-6)8-10-20(18)21(22)15-16-29(23,24)5/h8,10,13-14,17,21-24,30H,7,9,11-12,15-16H2,1-6H3. The molecule has 5 heteroatoms. The monoisotopic (exact) mass is 464 g/mol. The van der Waals surface area contributed by atoms with Crippen LogP contribution in [0, 0.1) is 17.3 Å². The van der Waals surface area contributed by atoms with Crippen molar-refractivity contribution in [1.82, 2.24) is 10.2 Å². The number of amides is 2. The van der Waals surface area contributed by atoms with Gasteiger partial charge in [0.2, 0.25) is 0 Å².